The first-order valence-electron chi connectivity index (χ1n) is 20.3. The summed E-state index contributed by atoms with van der Waals surface area (Å²) in [6.07, 6.45) is 0.992. The number of carbonyl (C=O) groups is 2. The van der Waals surface area contributed by atoms with E-state index in [1.54, 1.807) is 0 Å². The van der Waals surface area contributed by atoms with Crippen molar-refractivity contribution in [1.29, 1.82) is 0 Å². The highest BCUT2D eigenvalue weighted by atomic mass is 35.5. The number of nitrogens with one attached hydrogen (secondary N) is 1. The van der Waals surface area contributed by atoms with Crippen LogP contribution in [0.4, 0.5) is 18.9 Å². The van der Waals surface area contributed by atoms with Crippen LogP contribution in [0.25, 0.3) is 34.4 Å². The van der Waals surface area contributed by atoms with Gasteiger partial charge < -0.3 is 31.4 Å². The van der Waals surface area contributed by atoms with Crippen LogP contribution in [0.1, 0.15) is 31.4 Å². The average Bonchev–Trinajstić information content (AvgIpc) is 4.23. The van der Waals surface area contributed by atoms with Gasteiger partial charge in [0, 0.05) is 19.4 Å². The smallest absolute Gasteiger partial charge is 0.446 e. The van der Waals surface area contributed by atoms with Gasteiger partial charge in [0.1, 0.15) is 24.1 Å². The minimum absolute atomic E-state index is 0.00860. The summed E-state index contributed by atoms with van der Waals surface area (Å²) in [6, 6.07) is 11.0. The van der Waals surface area contributed by atoms with Gasteiger partial charge in [0.15, 0.2) is 5.84 Å². The molecule has 2 amide bonds. The lowest BCUT2D eigenvalue weighted by atomic mass is 10.3. The molecule has 0 fully saturated rings. The molecule has 0 aliphatic heterocycles. The molecular formula is C39H33Cl3F3N15O13. The summed E-state index contributed by atoms with van der Waals surface area (Å²) in [6.45, 7) is 0.636. The molecule has 0 saturated heterocycles. The Labute approximate surface area is 418 Å². The van der Waals surface area contributed by atoms with Gasteiger partial charge in [-0.15, -0.1) is 0 Å². The summed E-state index contributed by atoms with van der Waals surface area (Å²) >= 11 is 17.2. The Morgan fingerprint density at radius 1 is 0.630 bits per heavy atom. The van der Waals surface area contributed by atoms with E-state index in [1.807, 2.05) is 5.48 Å². The van der Waals surface area contributed by atoms with Crippen LogP contribution in [0, 0.1) is 17.5 Å². The predicted octanol–water partition coefficient (Wildman–Crippen LogP) is 3.88. The molecule has 34 heteroatoms. The van der Waals surface area contributed by atoms with Crippen molar-refractivity contribution in [2.45, 2.75) is 25.7 Å². The van der Waals surface area contributed by atoms with Gasteiger partial charge in [0.2, 0.25) is 40.5 Å². The van der Waals surface area contributed by atoms with E-state index in [4.69, 9.17) is 66.2 Å². The number of hydroxylamine groups is 1. The zero-order chi connectivity index (χ0) is 52.6. The first kappa shape index (κ1) is 53.7. The molecule has 0 bridgehead atoms. The summed E-state index contributed by atoms with van der Waals surface area (Å²) in [4.78, 5) is 49.3. The van der Waals surface area contributed by atoms with Gasteiger partial charge in [0.25, 0.3) is 17.6 Å². The van der Waals surface area contributed by atoms with Crippen LogP contribution < -0.4 is 48.4 Å². The van der Waals surface area contributed by atoms with Gasteiger partial charge >= 0.3 is 11.5 Å². The minimum Gasteiger partial charge on any atom is -0.474 e. The topological polar surface area (TPSA) is 397 Å². The van der Waals surface area contributed by atoms with Crippen molar-refractivity contribution in [2.75, 3.05) is 26.4 Å². The van der Waals surface area contributed by atoms with Gasteiger partial charge in [-0.2, -0.15) is 0 Å². The quantitative estimate of drug-likeness (QED) is 0.0332. The van der Waals surface area contributed by atoms with E-state index in [0.29, 0.717) is 12.8 Å². The van der Waals surface area contributed by atoms with E-state index in [9.17, 15) is 37.6 Å². The Balaban J connectivity index is 0.000000179. The standard InChI is InChI=1S/C14H11ClFN5O5.C13H13ClFN5O4.C12H9ClFN5O4/c15-8-6-7(3-4-9(8)16)21-12(19-25-14(21)23)11-13(20-26-18-11)24-5-1-2-10(17)22;14-8-6-7(3-4-9(8)15)17-12(18-22)11-13(20-24-19-11)23-5-1-2-10(16)21;13-7-5-6(1-2-8(7)14)19-10(17-22-12(19)20)9-11(18-23-16-9)21-4-3-15/h3-4,6H,1-2,5H2,(H2,17,22);3-4,6,22H,1-2,5H2,(H2,16,21)(H,17,18);1-2,5H,3-4,15H2. The molecule has 8 N–H and O–H groups in total. The molecule has 384 valence electrons. The number of aromatic nitrogens is 10. The molecule has 73 heavy (non-hydrogen) atoms. The summed E-state index contributed by atoms with van der Waals surface area (Å²) in [5.41, 5.74) is 17.9. The molecule has 0 aliphatic rings. The highest BCUT2D eigenvalue weighted by Gasteiger charge is 2.26. The summed E-state index contributed by atoms with van der Waals surface area (Å²) < 4.78 is 80.8. The van der Waals surface area contributed by atoms with Crippen molar-refractivity contribution in [3.8, 4) is 52.1 Å². The molecule has 0 saturated carbocycles. The number of halogens is 6. The first-order chi connectivity index (χ1) is 35.1. The third kappa shape index (κ3) is 14.0. The first-order valence-corrected chi connectivity index (χ1v) is 21.4. The van der Waals surface area contributed by atoms with Crippen LogP contribution in [-0.4, -0.2) is 99.6 Å². The minimum atomic E-state index is -0.856. The number of amides is 2. The van der Waals surface area contributed by atoms with E-state index in [0.717, 1.165) is 27.3 Å². The van der Waals surface area contributed by atoms with Crippen molar-refractivity contribution in [3.05, 3.63) is 114 Å². The third-order valence-corrected chi connectivity index (χ3v) is 9.64. The van der Waals surface area contributed by atoms with Gasteiger partial charge in [-0.3, -0.25) is 29.3 Å². The molecule has 0 atom stereocenters. The van der Waals surface area contributed by atoms with E-state index in [1.165, 1.54) is 36.4 Å². The van der Waals surface area contributed by atoms with Crippen molar-refractivity contribution in [3.63, 3.8) is 0 Å². The molecular weight excluding hydrogens is 1050 g/mol. The molecule has 5 aromatic heterocycles. The fraction of sp³-hybridized carbons (Fsp3) is 0.205. The monoisotopic (exact) mass is 1080 g/mol. The fourth-order valence-corrected chi connectivity index (χ4v) is 6.07. The normalized spacial score (nSPS) is 11.0. The number of carbonyl (C=O) groups excluding carboxylic acids is 2. The zero-order valence-corrected chi connectivity index (χ0v) is 38.9. The van der Waals surface area contributed by atoms with Gasteiger partial charge in [-0.05, 0) is 98.4 Å². The molecule has 0 radical (unpaired) electrons. The molecule has 28 nitrogen and oxygen atoms in total. The molecule has 8 aromatic rings. The number of hydrogen-bond acceptors (Lipinski definition) is 23. The van der Waals surface area contributed by atoms with E-state index in [2.05, 4.69) is 69.2 Å². The molecule has 0 spiro atoms. The number of amidine groups is 1. The molecule has 0 aliphatic carbocycles. The summed E-state index contributed by atoms with van der Waals surface area (Å²) in [5, 5.41) is 37.5. The number of nitrogens with zero attached hydrogens (tertiary/aromatic N) is 11. The lowest BCUT2D eigenvalue weighted by Gasteiger charge is -2.05. The zero-order valence-electron chi connectivity index (χ0n) is 36.6. The van der Waals surface area contributed by atoms with Crippen LogP contribution in [0.5, 0.6) is 17.6 Å². The number of primary amides is 2. The second kappa shape index (κ2) is 25.5. The Morgan fingerprint density at radius 3 is 1.52 bits per heavy atom. The van der Waals surface area contributed by atoms with E-state index < -0.39 is 40.8 Å². The number of ether oxygens (including phenoxy) is 3. The SMILES string of the molecule is NC(=O)CCCOc1nonc1-c1noc(=O)n1-c1ccc(F)c(Cl)c1.NC(=O)CCCOc1nonc1C(=Nc1ccc(F)c(Cl)c1)NO.NCCOc1nonc1-c1noc(=O)n1-c1ccc(F)c(Cl)c1. The summed E-state index contributed by atoms with van der Waals surface area (Å²) in [5.74, 6) is -4.87. The van der Waals surface area contributed by atoms with Crippen molar-refractivity contribution < 1.29 is 65.1 Å². The molecule has 0 unspecified atom stereocenters. The van der Waals surface area contributed by atoms with Crippen molar-refractivity contribution >= 4 is 58.1 Å². The lowest BCUT2D eigenvalue weighted by molar-refractivity contribution is -0.119. The maximum absolute atomic E-state index is 13.4. The average molecular weight is 1080 g/mol. The van der Waals surface area contributed by atoms with Gasteiger partial charge in [-0.25, -0.2) is 50.8 Å². The molecule has 3 aromatic carbocycles. The highest BCUT2D eigenvalue weighted by molar-refractivity contribution is 6.31. The Hall–Kier alpha value is -8.65. The Bertz CT molecular complexity index is 3320. The number of rotatable bonds is 19. The molecule has 8 rings (SSSR count). The van der Waals surface area contributed by atoms with Crippen LogP contribution in [-0.2, 0) is 9.59 Å². The second-order valence-electron chi connectivity index (χ2n) is 13.8. The summed E-state index contributed by atoms with van der Waals surface area (Å²) in [7, 11) is 0. The fourth-order valence-electron chi connectivity index (χ4n) is 5.55. The van der Waals surface area contributed by atoms with E-state index >= 15 is 0 Å². The Kier molecular flexibility index (Phi) is 18.7. The van der Waals surface area contributed by atoms with Gasteiger partial charge in [-0.1, -0.05) is 45.1 Å². The van der Waals surface area contributed by atoms with Gasteiger partial charge in [0.05, 0.1) is 45.3 Å². The lowest BCUT2D eigenvalue weighted by Crippen LogP contribution is -2.21. The number of aliphatic imine (C=N–C) groups is 1. The third-order valence-electron chi connectivity index (χ3n) is 8.77. The highest BCUT2D eigenvalue weighted by Crippen LogP contribution is 2.29. The van der Waals surface area contributed by atoms with Crippen LogP contribution in [0.3, 0.4) is 0 Å². The van der Waals surface area contributed by atoms with Crippen LogP contribution >= 0.6 is 34.8 Å². The second-order valence-corrected chi connectivity index (χ2v) is 15.0. The number of hydrogen-bond donors (Lipinski definition) is 5. The number of nitrogens with two attached hydrogens (primary N) is 3. The molecule has 5 heterocycles. The Morgan fingerprint density at radius 2 is 1.07 bits per heavy atom. The van der Waals surface area contributed by atoms with Crippen LogP contribution in [0.2, 0.25) is 15.1 Å². The van der Waals surface area contributed by atoms with Crippen molar-refractivity contribution in [1.82, 2.24) is 55.9 Å². The van der Waals surface area contributed by atoms with Crippen molar-refractivity contribution in [2.24, 2.45) is 22.2 Å². The largest absolute Gasteiger partial charge is 0.474 e. The number of benzene rings is 3. The maximum atomic E-state index is 13.4. The predicted molar refractivity (Wildman–Crippen MR) is 240 cm³/mol. The maximum Gasteiger partial charge on any atom is 0.446 e. The van der Waals surface area contributed by atoms with Crippen LogP contribution in [0.15, 0.2) is 92.1 Å². The van der Waals surface area contributed by atoms with E-state index in [-0.39, 0.29) is 124 Å².